The van der Waals surface area contributed by atoms with Crippen LogP contribution >= 0.6 is 11.6 Å². The summed E-state index contributed by atoms with van der Waals surface area (Å²) in [5, 5.41) is 11.4. The van der Waals surface area contributed by atoms with Gasteiger partial charge in [0.15, 0.2) is 0 Å². The minimum Gasteiger partial charge on any atom is -0.478 e. The number of nitrogens with zero attached hydrogens (tertiary/aromatic N) is 1. The predicted molar refractivity (Wildman–Crippen MR) is 96.1 cm³/mol. The second-order valence-corrected chi connectivity index (χ2v) is 6.72. The molecule has 122 valence electrons. The highest BCUT2D eigenvalue weighted by Gasteiger charge is 2.22. The first-order valence-electron chi connectivity index (χ1n) is 8.26. The maximum Gasteiger partial charge on any atom is 0.336 e. The Morgan fingerprint density at radius 2 is 1.88 bits per heavy atom. The van der Waals surface area contributed by atoms with Crippen LogP contribution < -0.4 is 0 Å². The highest BCUT2D eigenvalue weighted by molar-refractivity contribution is 6.35. The number of aromatic nitrogens is 1. The molecule has 0 atom stereocenters. The molecular formula is C20H18ClNO2. The molecule has 1 aliphatic rings. The van der Waals surface area contributed by atoms with Crippen molar-refractivity contribution in [2.45, 2.75) is 32.2 Å². The molecule has 4 heteroatoms. The van der Waals surface area contributed by atoms with Crippen molar-refractivity contribution in [1.29, 1.82) is 0 Å². The molecule has 0 saturated heterocycles. The Labute approximate surface area is 145 Å². The van der Waals surface area contributed by atoms with Crippen LogP contribution in [0.1, 0.15) is 40.0 Å². The van der Waals surface area contributed by atoms with Crippen LogP contribution in [0.5, 0.6) is 0 Å². The van der Waals surface area contributed by atoms with Gasteiger partial charge in [-0.3, -0.25) is 0 Å². The molecule has 0 saturated carbocycles. The Morgan fingerprint density at radius 1 is 1.08 bits per heavy atom. The zero-order valence-electron chi connectivity index (χ0n) is 13.3. The van der Waals surface area contributed by atoms with Crippen molar-refractivity contribution in [1.82, 2.24) is 4.57 Å². The van der Waals surface area contributed by atoms with Crippen molar-refractivity contribution >= 4 is 28.5 Å². The molecule has 24 heavy (non-hydrogen) atoms. The van der Waals surface area contributed by atoms with Gasteiger partial charge in [-0.25, -0.2) is 4.79 Å². The van der Waals surface area contributed by atoms with Crippen molar-refractivity contribution in [3.8, 4) is 0 Å². The third kappa shape index (κ3) is 2.40. The fourth-order valence-corrected chi connectivity index (χ4v) is 4.13. The molecule has 1 N–H and O–H groups in total. The molecule has 0 amide bonds. The lowest BCUT2D eigenvalue weighted by molar-refractivity contribution is 0.0695. The van der Waals surface area contributed by atoms with Gasteiger partial charge in [-0.1, -0.05) is 41.9 Å². The summed E-state index contributed by atoms with van der Waals surface area (Å²) in [5.74, 6) is -0.887. The van der Waals surface area contributed by atoms with Crippen LogP contribution in [0.3, 0.4) is 0 Å². The van der Waals surface area contributed by atoms with Crippen LogP contribution in [-0.4, -0.2) is 15.6 Å². The highest BCUT2D eigenvalue weighted by Crippen LogP contribution is 2.36. The fourth-order valence-electron chi connectivity index (χ4n) is 3.86. The average Bonchev–Trinajstić information content (AvgIpc) is 2.91. The van der Waals surface area contributed by atoms with E-state index in [4.69, 9.17) is 11.6 Å². The number of carboxylic acid groups (broad SMARTS) is 1. The summed E-state index contributed by atoms with van der Waals surface area (Å²) in [7, 11) is 0. The van der Waals surface area contributed by atoms with Gasteiger partial charge in [0.25, 0.3) is 0 Å². The third-order valence-electron chi connectivity index (χ3n) is 4.92. The van der Waals surface area contributed by atoms with Gasteiger partial charge in [0.2, 0.25) is 0 Å². The van der Waals surface area contributed by atoms with E-state index >= 15 is 0 Å². The molecule has 1 heterocycles. The number of fused-ring (bicyclic) bond motifs is 3. The van der Waals surface area contributed by atoms with Crippen molar-refractivity contribution in [2.75, 3.05) is 0 Å². The Hall–Kier alpha value is -2.26. The molecule has 4 rings (SSSR count). The molecule has 0 aliphatic heterocycles. The van der Waals surface area contributed by atoms with E-state index in [0.29, 0.717) is 12.1 Å². The number of aryl methyl sites for hydroxylation is 1. The van der Waals surface area contributed by atoms with Gasteiger partial charge in [0, 0.05) is 17.6 Å². The normalized spacial score (nSPS) is 13.9. The fraction of sp³-hybridized carbons (Fsp3) is 0.250. The number of carboxylic acids is 1. The number of carbonyl (C=O) groups is 1. The maximum absolute atomic E-state index is 11.5. The summed E-state index contributed by atoms with van der Waals surface area (Å²) >= 11 is 6.51. The summed E-state index contributed by atoms with van der Waals surface area (Å²) in [6.07, 6.45) is 4.46. The SMILES string of the molecule is O=C(O)c1ccccc1Cn1c2c(c3cccc(Cl)c31)CCCC2. The minimum atomic E-state index is -0.887. The Balaban J connectivity index is 1.93. The molecule has 3 nitrogen and oxygen atoms in total. The number of rotatable bonds is 3. The summed E-state index contributed by atoms with van der Waals surface area (Å²) < 4.78 is 2.23. The third-order valence-corrected chi connectivity index (χ3v) is 5.23. The van der Waals surface area contributed by atoms with E-state index in [1.54, 1.807) is 12.1 Å². The molecule has 1 aromatic heterocycles. The smallest absolute Gasteiger partial charge is 0.336 e. The van der Waals surface area contributed by atoms with Crippen LogP contribution in [0, 0.1) is 0 Å². The number of hydrogen-bond donors (Lipinski definition) is 1. The molecule has 3 aromatic rings. The topological polar surface area (TPSA) is 42.2 Å². The molecule has 0 fully saturated rings. The van der Waals surface area contributed by atoms with Gasteiger partial charge in [0.05, 0.1) is 16.1 Å². The van der Waals surface area contributed by atoms with E-state index in [1.165, 1.54) is 29.5 Å². The molecule has 0 bridgehead atoms. The van der Waals surface area contributed by atoms with Gasteiger partial charge in [-0.05, 0) is 48.9 Å². The molecular weight excluding hydrogens is 322 g/mol. The van der Waals surface area contributed by atoms with E-state index in [2.05, 4.69) is 10.6 Å². The zero-order chi connectivity index (χ0) is 16.7. The maximum atomic E-state index is 11.5. The predicted octanol–water partition coefficient (Wildman–Crippen LogP) is 4.92. The van der Waals surface area contributed by atoms with Crippen LogP contribution in [-0.2, 0) is 19.4 Å². The van der Waals surface area contributed by atoms with Gasteiger partial charge in [-0.15, -0.1) is 0 Å². The number of aromatic carboxylic acids is 1. The van der Waals surface area contributed by atoms with Crippen molar-refractivity contribution in [3.05, 3.63) is 69.9 Å². The minimum absolute atomic E-state index is 0.357. The van der Waals surface area contributed by atoms with Crippen LogP contribution in [0.4, 0.5) is 0 Å². The van der Waals surface area contributed by atoms with Gasteiger partial charge in [-0.2, -0.15) is 0 Å². The number of halogens is 1. The molecule has 0 unspecified atom stereocenters. The van der Waals surface area contributed by atoms with Crippen LogP contribution in [0.15, 0.2) is 42.5 Å². The summed E-state index contributed by atoms with van der Waals surface area (Å²) in [6, 6.07) is 13.2. The Morgan fingerprint density at radius 3 is 2.71 bits per heavy atom. The summed E-state index contributed by atoms with van der Waals surface area (Å²) in [4.78, 5) is 11.5. The van der Waals surface area contributed by atoms with Crippen molar-refractivity contribution in [2.24, 2.45) is 0 Å². The molecule has 1 aliphatic carbocycles. The lowest BCUT2D eigenvalue weighted by atomic mass is 9.95. The highest BCUT2D eigenvalue weighted by atomic mass is 35.5. The molecule has 2 aromatic carbocycles. The number of para-hydroxylation sites is 1. The van der Waals surface area contributed by atoms with E-state index in [0.717, 1.165) is 28.9 Å². The number of hydrogen-bond acceptors (Lipinski definition) is 1. The van der Waals surface area contributed by atoms with Gasteiger partial charge >= 0.3 is 5.97 Å². The lowest BCUT2D eigenvalue weighted by Gasteiger charge is -2.17. The van der Waals surface area contributed by atoms with Crippen LogP contribution in [0.2, 0.25) is 5.02 Å². The monoisotopic (exact) mass is 339 g/mol. The van der Waals surface area contributed by atoms with E-state index < -0.39 is 5.97 Å². The summed E-state index contributed by atoms with van der Waals surface area (Å²) in [6.45, 7) is 0.540. The van der Waals surface area contributed by atoms with Crippen molar-refractivity contribution < 1.29 is 9.90 Å². The average molecular weight is 340 g/mol. The zero-order valence-corrected chi connectivity index (χ0v) is 14.0. The largest absolute Gasteiger partial charge is 0.478 e. The second-order valence-electron chi connectivity index (χ2n) is 6.32. The number of benzene rings is 2. The van der Waals surface area contributed by atoms with Crippen LogP contribution in [0.25, 0.3) is 10.9 Å². The first-order valence-corrected chi connectivity index (χ1v) is 8.64. The van der Waals surface area contributed by atoms with E-state index in [-0.39, 0.29) is 0 Å². The Bertz CT molecular complexity index is 942. The summed E-state index contributed by atoms with van der Waals surface area (Å²) in [5.41, 5.74) is 4.90. The molecule has 0 radical (unpaired) electrons. The quantitative estimate of drug-likeness (QED) is 0.736. The second kappa shape index (κ2) is 5.99. The lowest BCUT2D eigenvalue weighted by Crippen LogP contribution is -2.12. The van der Waals surface area contributed by atoms with E-state index in [1.807, 2.05) is 24.3 Å². The van der Waals surface area contributed by atoms with E-state index in [9.17, 15) is 9.90 Å². The molecule has 0 spiro atoms. The first kappa shape index (κ1) is 15.3. The first-order chi connectivity index (χ1) is 11.7. The van der Waals surface area contributed by atoms with Crippen molar-refractivity contribution in [3.63, 3.8) is 0 Å². The standard InChI is InChI=1S/C20H18ClNO2/c21-17-10-5-9-16-15-8-3-4-11-18(15)22(19(16)17)12-13-6-1-2-7-14(13)20(23)24/h1-2,5-7,9-10H,3-4,8,11-12H2,(H,23,24). The van der Waals surface area contributed by atoms with Gasteiger partial charge in [0.1, 0.15) is 0 Å². The Kier molecular flexibility index (Phi) is 3.81. The van der Waals surface area contributed by atoms with Gasteiger partial charge < -0.3 is 9.67 Å².